The van der Waals surface area contributed by atoms with Crippen LogP contribution >= 0.6 is 34.9 Å². The predicted octanol–water partition coefficient (Wildman–Crippen LogP) is 0.330. The second-order valence-electron chi connectivity index (χ2n) is 5.23. The molecule has 7 nitrogen and oxygen atoms in total. The maximum Gasteiger partial charge on any atom is 0.313 e. The first-order chi connectivity index (χ1) is 10.4. The van der Waals surface area contributed by atoms with E-state index < -0.39 is 17.4 Å². The largest absolute Gasteiger partial charge is 0.481 e. The van der Waals surface area contributed by atoms with E-state index in [1.54, 1.807) is 10.9 Å². The van der Waals surface area contributed by atoms with Gasteiger partial charge in [-0.15, -0.1) is 23.1 Å². The third kappa shape index (κ3) is 2.53. The topological polar surface area (TPSA) is 114 Å². The highest BCUT2D eigenvalue weighted by molar-refractivity contribution is 8.14. The molecule has 0 aliphatic carbocycles. The molecule has 1 aromatic rings. The lowest BCUT2D eigenvalue weighted by atomic mass is 9.89. The van der Waals surface area contributed by atoms with Gasteiger partial charge in [0.05, 0.1) is 5.51 Å². The molecule has 0 spiro atoms. The number of amides is 1. The Balaban J connectivity index is 1.69. The molecule has 0 saturated carbocycles. The summed E-state index contributed by atoms with van der Waals surface area (Å²) in [5.74, 6) is -0.775. The number of thiazole rings is 1. The molecule has 0 bridgehead atoms. The van der Waals surface area contributed by atoms with Crippen LogP contribution in [0.3, 0.4) is 0 Å². The van der Waals surface area contributed by atoms with E-state index in [4.69, 9.17) is 5.73 Å². The molecule has 3 rings (SSSR count). The van der Waals surface area contributed by atoms with Crippen molar-refractivity contribution in [2.45, 2.75) is 11.4 Å². The monoisotopic (exact) mass is 359 g/mol. The van der Waals surface area contributed by atoms with Crippen molar-refractivity contribution in [1.82, 2.24) is 9.88 Å². The molecule has 1 amide bonds. The molecular formula is C12H13N3O4S3. The number of carboxylic acids is 1. The fourth-order valence-electron chi connectivity index (χ4n) is 2.40. The second kappa shape index (κ2) is 5.84. The number of thioether (sulfide) groups is 2. The molecule has 2 aliphatic heterocycles. The van der Waals surface area contributed by atoms with Gasteiger partial charge in [0, 0.05) is 23.4 Å². The van der Waals surface area contributed by atoms with Gasteiger partial charge in [-0.3, -0.25) is 14.4 Å². The number of carboxylic acid groups (broad SMARTS) is 1. The van der Waals surface area contributed by atoms with E-state index in [-0.39, 0.29) is 28.7 Å². The molecular weight excluding hydrogens is 346 g/mol. The van der Waals surface area contributed by atoms with E-state index in [1.165, 1.54) is 28.0 Å². The van der Waals surface area contributed by atoms with E-state index in [2.05, 4.69) is 4.98 Å². The quantitative estimate of drug-likeness (QED) is 0.740. The van der Waals surface area contributed by atoms with E-state index in [9.17, 15) is 19.5 Å². The van der Waals surface area contributed by atoms with Gasteiger partial charge in [-0.1, -0.05) is 11.8 Å². The molecule has 118 valence electrons. The molecule has 3 N–H and O–H groups in total. The lowest BCUT2D eigenvalue weighted by Gasteiger charge is -2.52. The van der Waals surface area contributed by atoms with E-state index in [0.717, 1.165) is 11.8 Å². The van der Waals surface area contributed by atoms with Crippen LogP contribution in [0.25, 0.3) is 0 Å². The molecule has 22 heavy (non-hydrogen) atoms. The number of aliphatic carboxylic acids is 1. The highest BCUT2D eigenvalue weighted by Gasteiger charge is 2.55. The van der Waals surface area contributed by atoms with Crippen LogP contribution in [0.1, 0.15) is 10.5 Å². The summed E-state index contributed by atoms with van der Waals surface area (Å²) < 4.78 is 0. The summed E-state index contributed by atoms with van der Waals surface area (Å²) in [4.78, 5) is 40.9. The Morgan fingerprint density at radius 2 is 2.36 bits per heavy atom. The predicted molar refractivity (Wildman–Crippen MR) is 84.9 cm³/mol. The van der Waals surface area contributed by atoms with Crippen LogP contribution in [0, 0.1) is 5.41 Å². The van der Waals surface area contributed by atoms with Crippen molar-refractivity contribution in [3.8, 4) is 0 Å². The molecule has 0 radical (unpaired) electrons. The third-order valence-electron chi connectivity index (χ3n) is 3.76. The van der Waals surface area contributed by atoms with Crippen molar-refractivity contribution in [3.05, 3.63) is 16.6 Å². The first kappa shape index (κ1) is 15.8. The zero-order valence-corrected chi connectivity index (χ0v) is 13.7. The number of carbonyl (C=O) groups is 3. The minimum Gasteiger partial charge on any atom is -0.481 e. The van der Waals surface area contributed by atoms with Crippen molar-refractivity contribution in [2.75, 3.05) is 18.1 Å². The molecule has 2 unspecified atom stereocenters. The van der Waals surface area contributed by atoms with Crippen LogP contribution in [0.5, 0.6) is 0 Å². The van der Waals surface area contributed by atoms with E-state index in [0.29, 0.717) is 11.4 Å². The molecule has 10 heteroatoms. The Bertz CT molecular complexity index is 623. The molecule has 3 heterocycles. The molecule has 2 saturated heterocycles. The van der Waals surface area contributed by atoms with E-state index >= 15 is 0 Å². The average molecular weight is 359 g/mol. The molecule has 2 aliphatic rings. The van der Waals surface area contributed by atoms with E-state index in [1.807, 2.05) is 0 Å². The van der Waals surface area contributed by atoms with Gasteiger partial charge in [0.25, 0.3) is 0 Å². The first-order valence-corrected chi connectivity index (χ1v) is 9.39. The third-order valence-corrected chi connectivity index (χ3v) is 7.12. The Labute approximate surface area is 138 Å². The van der Waals surface area contributed by atoms with Gasteiger partial charge in [0.2, 0.25) is 11.0 Å². The summed E-state index contributed by atoms with van der Waals surface area (Å²) >= 11 is 3.62. The lowest BCUT2D eigenvalue weighted by molar-refractivity contribution is -0.155. The van der Waals surface area contributed by atoms with Gasteiger partial charge in [0.1, 0.15) is 22.5 Å². The number of rotatable bonds is 4. The number of β-lactam (4-membered cyclic amide) rings is 1. The van der Waals surface area contributed by atoms with Gasteiger partial charge in [-0.25, -0.2) is 4.98 Å². The maximum absolute atomic E-state index is 12.0. The van der Waals surface area contributed by atoms with Crippen molar-refractivity contribution in [2.24, 2.45) is 11.1 Å². The number of carbonyl (C=O) groups excluding carboxylic acids is 2. The summed E-state index contributed by atoms with van der Waals surface area (Å²) in [7, 11) is 0. The van der Waals surface area contributed by atoms with Crippen molar-refractivity contribution < 1.29 is 19.5 Å². The summed E-state index contributed by atoms with van der Waals surface area (Å²) in [6.07, 6.45) is 0. The summed E-state index contributed by atoms with van der Waals surface area (Å²) in [6.45, 7) is 0.101. The van der Waals surface area contributed by atoms with Crippen LogP contribution in [-0.2, 0) is 9.59 Å². The highest BCUT2D eigenvalue weighted by Crippen LogP contribution is 2.43. The molecule has 0 aromatic carbocycles. The number of fused-ring (bicyclic) bond motifs is 1. The Morgan fingerprint density at radius 1 is 1.59 bits per heavy atom. The number of nitrogens with two attached hydrogens (primary N) is 1. The highest BCUT2D eigenvalue weighted by atomic mass is 32.2. The second-order valence-corrected chi connectivity index (χ2v) is 8.00. The number of nitrogens with zero attached hydrogens (tertiary/aromatic N) is 2. The van der Waals surface area contributed by atoms with Crippen molar-refractivity contribution in [3.63, 3.8) is 0 Å². The minimum absolute atomic E-state index is 0.101. The normalized spacial score (nSPS) is 30.6. The van der Waals surface area contributed by atoms with Crippen LogP contribution in [0.15, 0.2) is 10.9 Å². The van der Waals surface area contributed by atoms with Crippen LogP contribution in [-0.4, -0.2) is 61.4 Å². The smallest absolute Gasteiger partial charge is 0.313 e. The molecule has 1 aromatic heterocycles. The number of aromatic nitrogens is 1. The summed E-state index contributed by atoms with van der Waals surface area (Å²) in [5, 5.41) is 10.8. The zero-order chi connectivity index (χ0) is 15.9. The van der Waals surface area contributed by atoms with Crippen molar-refractivity contribution in [1.29, 1.82) is 0 Å². The Hall–Kier alpha value is -1.10. The maximum atomic E-state index is 12.0. The Kier molecular flexibility index (Phi) is 4.19. The summed E-state index contributed by atoms with van der Waals surface area (Å²) in [5.41, 5.74) is 6.46. The molecule has 3 atom stereocenters. The standard InChI is InChI=1S/C12H13N3O4S3/c13-7-8(16)15-2-12(11(18)19,3-21-9(7)15)4-22-10(17)6-1-20-5-14-6/h1,5,7,9H,2-4,13H2,(H,18,19)/t7?,9-,12?/m1/s1. The van der Waals surface area contributed by atoms with Gasteiger partial charge >= 0.3 is 5.97 Å². The van der Waals surface area contributed by atoms with Gasteiger partial charge < -0.3 is 15.7 Å². The fraction of sp³-hybridized carbons (Fsp3) is 0.500. The zero-order valence-electron chi connectivity index (χ0n) is 11.3. The van der Waals surface area contributed by atoms with Gasteiger partial charge in [-0.2, -0.15) is 0 Å². The average Bonchev–Trinajstić information content (AvgIpc) is 3.05. The lowest BCUT2D eigenvalue weighted by Crippen LogP contribution is -2.72. The van der Waals surface area contributed by atoms with Crippen LogP contribution < -0.4 is 5.73 Å². The number of hydrogen-bond donors (Lipinski definition) is 2. The van der Waals surface area contributed by atoms with Crippen LogP contribution in [0.2, 0.25) is 0 Å². The van der Waals surface area contributed by atoms with Crippen LogP contribution in [0.4, 0.5) is 0 Å². The first-order valence-electron chi connectivity index (χ1n) is 6.41. The minimum atomic E-state index is -1.13. The SMILES string of the molecule is NC1C(=O)N2CC(CSC(=O)c3cscn3)(C(=O)O)CS[C@H]12. The fourth-order valence-corrected chi connectivity index (χ4v) is 5.61. The Morgan fingerprint density at radius 3 is 3.00 bits per heavy atom. The van der Waals surface area contributed by atoms with Gasteiger partial charge in [-0.05, 0) is 0 Å². The molecule has 2 fully saturated rings. The van der Waals surface area contributed by atoms with Gasteiger partial charge in [0.15, 0.2) is 0 Å². The van der Waals surface area contributed by atoms with Crippen molar-refractivity contribution >= 4 is 51.9 Å². The summed E-state index contributed by atoms with van der Waals surface area (Å²) in [6, 6.07) is -0.541. The number of hydrogen-bond acceptors (Lipinski definition) is 8.